The zero-order valence-corrected chi connectivity index (χ0v) is 17.2. The largest absolute Gasteiger partial charge is 0.332 e. The lowest BCUT2D eigenvalue weighted by atomic mass is 10.1. The summed E-state index contributed by atoms with van der Waals surface area (Å²) >= 11 is 4.98. The van der Waals surface area contributed by atoms with Crippen LogP contribution in [0.25, 0.3) is 10.9 Å². The Morgan fingerprint density at radius 2 is 1.50 bits per heavy atom. The minimum atomic E-state index is -0.411. The molecule has 0 aliphatic carbocycles. The van der Waals surface area contributed by atoms with Crippen molar-refractivity contribution in [3.8, 4) is 6.07 Å². The maximum Gasteiger partial charge on any atom is 0.259 e. The van der Waals surface area contributed by atoms with Crippen LogP contribution in [0.2, 0.25) is 0 Å². The van der Waals surface area contributed by atoms with Gasteiger partial charge < -0.3 is 15.6 Å². The first-order chi connectivity index (χ1) is 15.4. The highest BCUT2D eigenvalue weighted by atomic mass is 32.1. The van der Waals surface area contributed by atoms with E-state index in [1.54, 1.807) is 48.5 Å². The third kappa shape index (κ3) is 4.45. The summed E-state index contributed by atoms with van der Waals surface area (Å²) < 4.78 is 0.166. The van der Waals surface area contributed by atoms with E-state index in [0.717, 1.165) is 0 Å². The average Bonchev–Trinajstić information content (AvgIpc) is 2.78. The minimum Gasteiger partial charge on any atom is -0.332 e. The predicted molar refractivity (Wildman–Crippen MR) is 123 cm³/mol. The number of anilines is 2. The SMILES string of the molecule is N#Cc1cccc(NC(=O)c2cccc(NC(=O)c3ccc4c(=O)[nH]c(=S)[nH]c4c3)c2)c1. The van der Waals surface area contributed by atoms with Crippen molar-refractivity contribution in [2.75, 3.05) is 10.6 Å². The first-order valence-electron chi connectivity index (χ1n) is 9.42. The van der Waals surface area contributed by atoms with E-state index in [1.165, 1.54) is 18.2 Å². The minimum absolute atomic E-state index is 0.166. The van der Waals surface area contributed by atoms with Crippen molar-refractivity contribution < 1.29 is 9.59 Å². The van der Waals surface area contributed by atoms with Gasteiger partial charge in [0.05, 0.1) is 22.5 Å². The second-order valence-electron chi connectivity index (χ2n) is 6.85. The number of aromatic amines is 2. The molecule has 0 bridgehead atoms. The molecule has 0 radical (unpaired) electrons. The van der Waals surface area contributed by atoms with Gasteiger partial charge in [-0.15, -0.1) is 0 Å². The Kier molecular flexibility index (Phi) is 5.61. The van der Waals surface area contributed by atoms with Crippen LogP contribution >= 0.6 is 12.2 Å². The van der Waals surface area contributed by atoms with Crippen molar-refractivity contribution in [2.24, 2.45) is 0 Å². The van der Waals surface area contributed by atoms with Gasteiger partial charge in [-0.05, 0) is 66.8 Å². The number of nitriles is 1. The smallest absolute Gasteiger partial charge is 0.259 e. The number of fused-ring (bicyclic) bond motifs is 1. The topological polar surface area (TPSA) is 131 Å². The Morgan fingerprint density at radius 3 is 2.22 bits per heavy atom. The molecule has 3 aromatic carbocycles. The van der Waals surface area contributed by atoms with Crippen LogP contribution in [0, 0.1) is 16.1 Å². The third-order valence-corrected chi connectivity index (χ3v) is 4.84. The van der Waals surface area contributed by atoms with E-state index in [-0.39, 0.29) is 16.2 Å². The molecule has 4 N–H and O–H groups in total. The van der Waals surface area contributed by atoms with Crippen LogP contribution in [0.4, 0.5) is 11.4 Å². The number of nitrogens with zero attached hydrogens (tertiary/aromatic N) is 1. The standard InChI is InChI=1S/C23H15N5O3S/c24-12-13-3-1-5-16(9-13)25-20(29)14-4-2-6-17(10-14)26-21(30)15-7-8-18-19(11-15)27-23(32)28-22(18)31/h1-11H,(H,25,29)(H,26,30)(H2,27,28,31,32). The molecule has 0 unspecified atom stereocenters. The van der Waals surface area contributed by atoms with Crippen LogP contribution in [0.5, 0.6) is 0 Å². The molecule has 156 valence electrons. The Labute approximate surface area is 186 Å². The molecule has 4 rings (SSSR count). The summed E-state index contributed by atoms with van der Waals surface area (Å²) in [7, 11) is 0. The number of rotatable bonds is 4. The molecule has 0 aliphatic rings. The van der Waals surface area contributed by atoms with Crippen molar-refractivity contribution in [2.45, 2.75) is 0 Å². The maximum absolute atomic E-state index is 12.7. The van der Waals surface area contributed by atoms with Crippen LogP contribution in [0.15, 0.2) is 71.5 Å². The van der Waals surface area contributed by atoms with E-state index in [9.17, 15) is 14.4 Å². The van der Waals surface area contributed by atoms with Gasteiger partial charge >= 0.3 is 0 Å². The van der Waals surface area contributed by atoms with E-state index in [2.05, 4.69) is 20.6 Å². The summed E-state index contributed by atoms with van der Waals surface area (Å²) in [5.41, 5.74) is 2.10. The zero-order chi connectivity index (χ0) is 22.7. The molecule has 0 aliphatic heterocycles. The molecule has 9 heteroatoms. The third-order valence-electron chi connectivity index (χ3n) is 4.63. The predicted octanol–water partition coefficient (Wildman–Crippen LogP) is 3.96. The van der Waals surface area contributed by atoms with E-state index < -0.39 is 5.91 Å². The summed E-state index contributed by atoms with van der Waals surface area (Å²) in [6, 6.07) is 19.6. The molecule has 0 atom stereocenters. The molecule has 2 amide bonds. The van der Waals surface area contributed by atoms with Crippen LogP contribution < -0.4 is 16.2 Å². The fourth-order valence-corrected chi connectivity index (χ4v) is 3.32. The van der Waals surface area contributed by atoms with Gasteiger partial charge in [0.2, 0.25) is 0 Å². The Bertz CT molecular complexity index is 1530. The molecule has 0 spiro atoms. The summed E-state index contributed by atoms with van der Waals surface area (Å²) in [6.07, 6.45) is 0. The highest BCUT2D eigenvalue weighted by Gasteiger charge is 2.11. The Morgan fingerprint density at radius 1 is 0.844 bits per heavy atom. The van der Waals surface area contributed by atoms with Gasteiger partial charge in [0.25, 0.3) is 17.4 Å². The number of benzene rings is 3. The molecule has 32 heavy (non-hydrogen) atoms. The van der Waals surface area contributed by atoms with Crippen molar-refractivity contribution in [3.63, 3.8) is 0 Å². The number of nitrogens with one attached hydrogen (secondary N) is 4. The molecule has 0 saturated heterocycles. The fourth-order valence-electron chi connectivity index (χ4n) is 3.12. The van der Waals surface area contributed by atoms with Crippen molar-refractivity contribution in [1.29, 1.82) is 5.26 Å². The number of carbonyl (C=O) groups is 2. The van der Waals surface area contributed by atoms with Gasteiger partial charge in [-0.25, -0.2) is 0 Å². The molecule has 8 nitrogen and oxygen atoms in total. The lowest BCUT2D eigenvalue weighted by molar-refractivity contribution is 0.101. The molecular weight excluding hydrogens is 426 g/mol. The monoisotopic (exact) mass is 441 g/mol. The quantitative estimate of drug-likeness (QED) is 0.356. The highest BCUT2D eigenvalue weighted by Crippen LogP contribution is 2.17. The molecule has 1 aromatic heterocycles. The lowest BCUT2D eigenvalue weighted by Gasteiger charge is -2.09. The number of H-pyrrole nitrogens is 2. The van der Waals surface area contributed by atoms with E-state index in [0.29, 0.717) is 39.0 Å². The number of hydrogen-bond acceptors (Lipinski definition) is 5. The van der Waals surface area contributed by atoms with Gasteiger partial charge in [-0.3, -0.25) is 19.4 Å². The normalized spacial score (nSPS) is 10.3. The number of aromatic nitrogens is 2. The highest BCUT2D eigenvalue weighted by molar-refractivity contribution is 7.71. The second kappa shape index (κ2) is 8.67. The lowest BCUT2D eigenvalue weighted by Crippen LogP contribution is -2.15. The molecule has 1 heterocycles. The summed E-state index contributed by atoms with van der Waals surface area (Å²) in [6.45, 7) is 0. The van der Waals surface area contributed by atoms with Gasteiger partial charge in [-0.2, -0.15) is 5.26 Å². The molecule has 4 aromatic rings. The van der Waals surface area contributed by atoms with Crippen molar-refractivity contribution >= 4 is 46.3 Å². The summed E-state index contributed by atoms with van der Waals surface area (Å²) in [5.74, 6) is -0.792. The van der Waals surface area contributed by atoms with Crippen LogP contribution in [-0.2, 0) is 0 Å². The summed E-state index contributed by atoms with van der Waals surface area (Å²) in [4.78, 5) is 42.6. The van der Waals surface area contributed by atoms with Gasteiger partial charge in [0.1, 0.15) is 0 Å². The number of amides is 2. The number of carbonyl (C=O) groups excluding carboxylic acids is 2. The summed E-state index contributed by atoms with van der Waals surface area (Å²) in [5, 5.41) is 14.8. The average molecular weight is 441 g/mol. The van der Waals surface area contributed by atoms with Crippen molar-refractivity contribution in [3.05, 3.63) is 98.5 Å². The van der Waals surface area contributed by atoms with Crippen LogP contribution in [-0.4, -0.2) is 21.8 Å². The first-order valence-corrected chi connectivity index (χ1v) is 9.83. The molecular formula is C23H15N5O3S. The Hall–Kier alpha value is -4.55. The fraction of sp³-hybridized carbons (Fsp3) is 0. The molecule has 0 fully saturated rings. The Balaban J connectivity index is 1.53. The van der Waals surface area contributed by atoms with E-state index in [4.69, 9.17) is 17.5 Å². The molecule has 0 saturated carbocycles. The zero-order valence-electron chi connectivity index (χ0n) is 16.4. The van der Waals surface area contributed by atoms with Gasteiger partial charge in [0.15, 0.2) is 4.77 Å². The maximum atomic E-state index is 12.7. The first kappa shape index (κ1) is 20.7. The second-order valence-corrected chi connectivity index (χ2v) is 7.26. The van der Waals surface area contributed by atoms with Crippen LogP contribution in [0.3, 0.4) is 0 Å². The van der Waals surface area contributed by atoms with Crippen LogP contribution in [0.1, 0.15) is 26.3 Å². The number of hydrogen-bond donors (Lipinski definition) is 4. The van der Waals surface area contributed by atoms with Crippen molar-refractivity contribution in [1.82, 2.24) is 9.97 Å². The van der Waals surface area contributed by atoms with E-state index >= 15 is 0 Å². The van der Waals surface area contributed by atoms with E-state index in [1.807, 2.05) is 6.07 Å². The van der Waals surface area contributed by atoms with Gasteiger partial charge in [-0.1, -0.05) is 12.1 Å². The van der Waals surface area contributed by atoms with Gasteiger partial charge in [0, 0.05) is 22.5 Å².